The van der Waals surface area contributed by atoms with Crippen LogP contribution in [0.4, 0.5) is 5.69 Å². The lowest BCUT2D eigenvalue weighted by Gasteiger charge is -2.14. The van der Waals surface area contributed by atoms with Crippen molar-refractivity contribution in [1.82, 2.24) is 5.32 Å². The minimum Gasteiger partial charge on any atom is -0.481 e. The number of carboxylic acids is 1. The van der Waals surface area contributed by atoms with Crippen molar-refractivity contribution in [2.24, 2.45) is 0 Å². The third-order valence-electron chi connectivity index (χ3n) is 2.76. The first-order chi connectivity index (χ1) is 9.42. The van der Waals surface area contributed by atoms with Crippen LogP contribution in [0.5, 0.6) is 0 Å². The molecule has 1 atom stereocenters. The minimum atomic E-state index is -0.979. The van der Waals surface area contributed by atoms with E-state index in [0.29, 0.717) is 12.0 Å². The number of hydrogen-bond acceptors (Lipinski definition) is 4. The predicted octanol–water partition coefficient (Wildman–Crippen LogP) is 1.51. The predicted molar refractivity (Wildman–Crippen MR) is 71.3 cm³/mol. The number of aliphatic carboxylic acids is 1. The third-order valence-corrected chi connectivity index (χ3v) is 2.76. The van der Waals surface area contributed by atoms with Gasteiger partial charge in [0.15, 0.2) is 0 Å². The number of amides is 1. The summed E-state index contributed by atoms with van der Waals surface area (Å²) in [5.41, 5.74) is 0.440. The SMILES string of the molecule is CCC(CC(=O)O)NC(=O)Cc1cccc([N+](=O)[O-])c1. The number of nitro groups is 1. The van der Waals surface area contributed by atoms with Crippen molar-refractivity contribution in [3.8, 4) is 0 Å². The first-order valence-electron chi connectivity index (χ1n) is 6.16. The lowest BCUT2D eigenvalue weighted by molar-refractivity contribution is -0.384. The van der Waals surface area contributed by atoms with Crippen LogP contribution in [-0.4, -0.2) is 27.9 Å². The second kappa shape index (κ2) is 7.22. The van der Waals surface area contributed by atoms with Crippen LogP contribution < -0.4 is 5.32 Å². The maximum Gasteiger partial charge on any atom is 0.305 e. The van der Waals surface area contributed by atoms with Crippen LogP contribution in [0, 0.1) is 10.1 Å². The fourth-order valence-corrected chi connectivity index (χ4v) is 1.75. The maximum atomic E-state index is 11.8. The highest BCUT2D eigenvalue weighted by Gasteiger charge is 2.15. The Labute approximate surface area is 115 Å². The Morgan fingerprint density at radius 2 is 2.15 bits per heavy atom. The Kier molecular flexibility index (Phi) is 5.64. The summed E-state index contributed by atoms with van der Waals surface area (Å²) >= 11 is 0. The van der Waals surface area contributed by atoms with Crippen molar-refractivity contribution in [1.29, 1.82) is 0 Å². The van der Waals surface area contributed by atoms with Crippen LogP contribution in [-0.2, 0) is 16.0 Å². The van der Waals surface area contributed by atoms with Gasteiger partial charge in [0.25, 0.3) is 5.69 Å². The summed E-state index contributed by atoms with van der Waals surface area (Å²) < 4.78 is 0. The smallest absolute Gasteiger partial charge is 0.305 e. The monoisotopic (exact) mass is 280 g/mol. The van der Waals surface area contributed by atoms with E-state index in [2.05, 4.69) is 5.32 Å². The van der Waals surface area contributed by atoms with Gasteiger partial charge in [0.05, 0.1) is 17.8 Å². The molecule has 0 aromatic heterocycles. The normalized spacial score (nSPS) is 11.7. The van der Waals surface area contributed by atoms with E-state index >= 15 is 0 Å². The molecule has 0 spiro atoms. The van der Waals surface area contributed by atoms with Gasteiger partial charge in [0, 0.05) is 18.2 Å². The van der Waals surface area contributed by atoms with E-state index in [1.807, 2.05) is 0 Å². The zero-order valence-corrected chi connectivity index (χ0v) is 11.0. The number of nitro benzene ring substituents is 1. The Morgan fingerprint density at radius 3 is 2.70 bits per heavy atom. The van der Waals surface area contributed by atoms with Crippen LogP contribution in [0.3, 0.4) is 0 Å². The summed E-state index contributed by atoms with van der Waals surface area (Å²) in [5, 5.41) is 21.9. The number of benzene rings is 1. The first kappa shape index (κ1) is 15.6. The standard InChI is InChI=1S/C13H16N2O5/c1-2-10(8-13(17)18)14-12(16)7-9-4-3-5-11(6-9)15(19)20/h3-6,10H,2,7-8H2,1H3,(H,14,16)(H,17,18). The number of rotatable bonds is 7. The average molecular weight is 280 g/mol. The molecular formula is C13H16N2O5. The molecule has 0 aliphatic carbocycles. The van der Waals surface area contributed by atoms with Crippen LogP contribution in [0.1, 0.15) is 25.3 Å². The molecule has 1 amide bonds. The summed E-state index contributed by atoms with van der Waals surface area (Å²) in [5.74, 6) is -1.33. The molecule has 0 heterocycles. The Balaban J connectivity index is 2.63. The quantitative estimate of drug-likeness (QED) is 0.581. The van der Waals surface area contributed by atoms with Gasteiger partial charge in [0.2, 0.25) is 5.91 Å². The highest BCUT2D eigenvalue weighted by molar-refractivity contribution is 5.79. The Bertz CT molecular complexity index is 515. The van der Waals surface area contributed by atoms with Crippen LogP contribution in [0.2, 0.25) is 0 Å². The van der Waals surface area contributed by atoms with Crippen LogP contribution >= 0.6 is 0 Å². The Morgan fingerprint density at radius 1 is 1.45 bits per heavy atom. The highest BCUT2D eigenvalue weighted by atomic mass is 16.6. The van der Waals surface area contributed by atoms with E-state index in [9.17, 15) is 19.7 Å². The summed E-state index contributed by atoms with van der Waals surface area (Å²) in [6, 6.07) is 5.37. The number of carboxylic acid groups (broad SMARTS) is 1. The maximum absolute atomic E-state index is 11.8. The van der Waals surface area contributed by atoms with Crippen molar-refractivity contribution >= 4 is 17.6 Å². The lowest BCUT2D eigenvalue weighted by Crippen LogP contribution is -2.36. The number of hydrogen-bond donors (Lipinski definition) is 2. The molecule has 0 aliphatic heterocycles. The summed E-state index contributed by atoms with van der Waals surface area (Å²) in [4.78, 5) is 32.5. The van der Waals surface area contributed by atoms with E-state index in [-0.39, 0.29) is 24.4 Å². The molecule has 1 unspecified atom stereocenters. The summed E-state index contributed by atoms with van der Waals surface area (Å²) in [7, 11) is 0. The van der Waals surface area contributed by atoms with Crippen molar-refractivity contribution in [3.63, 3.8) is 0 Å². The van der Waals surface area contributed by atoms with Gasteiger partial charge in [-0.25, -0.2) is 0 Å². The molecule has 1 aromatic rings. The molecule has 0 bridgehead atoms. The number of non-ortho nitro benzene ring substituents is 1. The van der Waals surface area contributed by atoms with Gasteiger partial charge in [-0.2, -0.15) is 0 Å². The van der Waals surface area contributed by atoms with Gasteiger partial charge in [-0.1, -0.05) is 19.1 Å². The molecule has 108 valence electrons. The van der Waals surface area contributed by atoms with Gasteiger partial charge in [0.1, 0.15) is 0 Å². The zero-order valence-electron chi connectivity index (χ0n) is 11.0. The molecule has 0 fully saturated rings. The molecule has 1 rings (SSSR count). The van der Waals surface area contributed by atoms with Gasteiger partial charge in [-0.3, -0.25) is 19.7 Å². The molecule has 0 radical (unpaired) electrons. The fraction of sp³-hybridized carbons (Fsp3) is 0.385. The van der Waals surface area contributed by atoms with Gasteiger partial charge >= 0.3 is 5.97 Å². The number of carbonyl (C=O) groups excluding carboxylic acids is 1. The van der Waals surface area contributed by atoms with Gasteiger partial charge < -0.3 is 10.4 Å². The van der Waals surface area contributed by atoms with Crippen molar-refractivity contribution in [2.45, 2.75) is 32.2 Å². The van der Waals surface area contributed by atoms with Crippen molar-refractivity contribution < 1.29 is 19.6 Å². The van der Waals surface area contributed by atoms with E-state index in [1.165, 1.54) is 18.2 Å². The zero-order chi connectivity index (χ0) is 15.1. The van der Waals surface area contributed by atoms with Crippen molar-refractivity contribution in [2.75, 3.05) is 0 Å². The average Bonchev–Trinajstić information content (AvgIpc) is 2.37. The van der Waals surface area contributed by atoms with E-state index in [0.717, 1.165) is 0 Å². The van der Waals surface area contributed by atoms with Gasteiger partial charge in [-0.05, 0) is 12.0 Å². The van der Waals surface area contributed by atoms with Crippen molar-refractivity contribution in [3.05, 3.63) is 39.9 Å². The molecule has 7 nitrogen and oxygen atoms in total. The topological polar surface area (TPSA) is 110 Å². The highest BCUT2D eigenvalue weighted by Crippen LogP contribution is 2.13. The molecule has 0 saturated carbocycles. The molecule has 1 aromatic carbocycles. The molecule has 2 N–H and O–H groups in total. The van der Waals surface area contributed by atoms with E-state index in [1.54, 1.807) is 13.0 Å². The lowest BCUT2D eigenvalue weighted by atomic mass is 10.1. The molecule has 0 aliphatic rings. The van der Waals surface area contributed by atoms with E-state index < -0.39 is 16.9 Å². The second-order valence-corrected chi connectivity index (χ2v) is 4.37. The molecule has 7 heteroatoms. The number of nitrogens with zero attached hydrogens (tertiary/aromatic N) is 1. The Hall–Kier alpha value is -2.44. The number of nitrogens with one attached hydrogen (secondary N) is 1. The van der Waals surface area contributed by atoms with Crippen LogP contribution in [0.25, 0.3) is 0 Å². The summed E-state index contributed by atoms with van der Waals surface area (Å²) in [6.45, 7) is 1.78. The molecule has 20 heavy (non-hydrogen) atoms. The molecule has 0 saturated heterocycles. The summed E-state index contributed by atoms with van der Waals surface area (Å²) in [6.07, 6.45) is 0.349. The largest absolute Gasteiger partial charge is 0.481 e. The third kappa shape index (κ3) is 5.05. The van der Waals surface area contributed by atoms with Crippen LogP contribution in [0.15, 0.2) is 24.3 Å². The molecular weight excluding hydrogens is 264 g/mol. The second-order valence-electron chi connectivity index (χ2n) is 4.37. The fourth-order valence-electron chi connectivity index (χ4n) is 1.75. The first-order valence-corrected chi connectivity index (χ1v) is 6.16. The number of carbonyl (C=O) groups is 2. The van der Waals surface area contributed by atoms with E-state index in [4.69, 9.17) is 5.11 Å². The van der Waals surface area contributed by atoms with Gasteiger partial charge in [-0.15, -0.1) is 0 Å². The minimum absolute atomic E-state index is 0.0161.